The Kier molecular flexibility index (Phi) is 28.3. The molecular weight excluding hydrogens is 704 g/mol. The molecule has 292 valence electrons. The van der Waals surface area contributed by atoms with E-state index in [-0.39, 0.29) is 76.1 Å². The summed E-state index contributed by atoms with van der Waals surface area (Å²) in [6.07, 6.45) is 3.61. The van der Waals surface area contributed by atoms with Crippen molar-refractivity contribution in [3.8, 4) is 0 Å². The molecule has 0 N–H and O–H groups in total. The quantitative estimate of drug-likeness (QED) is 0.172. The Morgan fingerprint density at radius 3 is 0.808 bits per heavy atom. The Bertz CT molecular complexity index is 1130. The van der Waals surface area contributed by atoms with Crippen LogP contribution in [-0.4, -0.2) is 99.1 Å². The maximum atomic E-state index is 10.9. The molecule has 0 bridgehead atoms. The van der Waals surface area contributed by atoms with Crippen molar-refractivity contribution in [2.45, 2.75) is 104 Å². The lowest BCUT2D eigenvalue weighted by Gasteiger charge is -2.09. The summed E-state index contributed by atoms with van der Waals surface area (Å²) >= 11 is 0. The third-order valence-corrected chi connectivity index (χ3v) is 5.55. The van der Waals surface area contributed by atoms with Gasteiger partial charge in [-0.2, -0.15) is 0 Å². The molecule has 20 heteroatoms. The largest absolute Gasteiger partial charge is 0.469 e. The van der Waals surface area contributed by atoms with Crippen LogP contribution in [0.3, 0.4) is 0 Å². The van der Waals surface area contributed by atoms with Crippen LogP contribution >= 0.6 is 0 Å². The number of esters is 12. The predicted octanol–water partition coefficient (Wildman–Crippen LogP) is 1.19. The van der Waals surface area contributed by atoms with E-state index in [4.69, 9.17) is 0 Å². The minimum atomic E-state index is -0.686. The average molecular weight is 749 g/mol. The highest BCUT2D eigenvalue weighted by Gasteiger charge is 2.20. The van der Waals surface area contributed by atoms with Crippen LogP contribution in [0.1, 0.15) is 104 Å². The second-order valence-electron chi connectivity index (χ2n) is 9.98. The molecule has 20 nitrogen and oxygen atoms in total. The van der Waals surface area contributed by atoms with Gasteiger partial charge in [0.2, 0.25) is 0 Å². The first-order valence-corrected chi connectivity index (χ1v) is 15.9. The monoisotopic (exact) mass is 748 g/mol. The zero-order valence-corrected chi connectivity index (χ0v) is 29.5. The van der Waals surface area contributed by atoms with E-state index in [0.717, 1.165) is 0 Å². The molecule has 4 saturated heterocycles. The molecule has 0 saturated carbocycles. The van der Waals surface area contributed by atoms with E-state index in [9.17, 15) is 57.5 Å². The van der Waals surface area contributed by atoms with Crippen molar-refractivity contribution >= 4 is 71.6 Å². The minimum Gasteiger partial charge on any atom is -0.469 e. The first-order chi connectivity index (χ1) is 24.6. The summed E-state index contributed by atoms with van der Waals surface area (Å²) in [5, 5.41) is 0. The highest BCUT2D eigenvalue weighted by molar-refractivity contribution is 5.93. The van der Waals surface area contributed by atoms with Crippen molar-refractivity contribution in [3.63, 3.8) is 0 Å². The molecule has 0 aliphatic carbocycles. The van der Waals surface area contributed by atoms with Gasteiger partial charge in [-0.15, -0.1) is 0 Å². The number of cyclic esters (lactones) is 6. The Balaban J connectivity index is 0. The zero-order valence-electron chi connectivity index (χ0n) is 29.5. The van der Waals surface area contributed by atoms with Crippen molar-refractivity contribution < 1.29 is 95.4 Å². The normalized spacial score (nSPS) is 14.3. The fraction of sp³-hybridized carbons (Fsp3) is 0.625. The third-order valence-electron chi connectivity index (χ3n) is 5.55. The average Bonchev–Trinajstić information content (AvgIpc) is 3.65. The molecular formula is C32H44O20. The molecule has 4 aliphatic heterocycles. The molecule has 0 amide bonds. The van der Waals surface area contributed by atoms with Crippen molar-refractivity contribution in [3.05, 3.63) is 0 Å². The van der Waals surface area contributed by atoms with Gasteiger partial charge < -0.3 is 37.9 Å². The molecule has 0 aromatic rings. The SMILES string of the molecule is CCCC(=O)OC(=O)CCC(=O)OC.CCCC(=O)OC(=O)CCC(=O)OC.O=C1CCC(=O)O1.O=C1CCC(=O)O1.O=C1CCO1.O=C1CCO1. The molecule has 0 aromatic carbocycles. The first kappa shape index (κ1) is 48.6. The summed E-state index contributed by atoms with van der Waals surface area (Å²) in [6, 6.07) is 0. The zero-order chi connectivity index (χ0) is 39.9. The predicted molar refractivity (Wildman–Crippen MR) is 166 cm³/mol. The second kappa shape index (κ2) is 30.3. The van der Waals surface area contributed by atoms with E-state index in [1.165, 1.54) is 14.2 Å². The maximum absolute atomic E-state index is 10.9. The van der Waals surface area contributed by atoms with Gasteiger partial charge in [-0.3, -0.25) is 57.5 Å². The van der Waals surface area contributed by atoms with Crippen LogP contribution < -0.4 is 0 Å². The number of hydrogen-bond donors (Lipinski definition) is 0. The van der Waals surface area contributed by atoms with Crippen LogP contribution in [0.4, 0.5) is 0 Å². The highest BCUT2D eigenvalue weighted by Crippen LogP contribution is 2.05. The van der Waals surface area contributed by atoms with Gasteiger partial charge >= 0.3 is 71.6 Å². The molecule has 4 aliphatic rings. The van der Waals surface area contributed by atoms with Gasteiger partial charge in [0.05, 0.1) is 78.4 Å². The lowest BCUT2D eigenvalue weighted by Crippen LogP contribution is -2.18. The second-order valence-corrected chi connectivity index (χ2v) is 9.98. The van der Waals surface area contributed by atoms with Crippen molar-refractivity contribution in [2.75, 3.05) is 27.4 Å². The highest BCUT2D eigenvalue weighted by atomic mass is 16.6. The van der Waals surface area contributed by atoms with Gasteiger partial charge in [-0.1, -0.05) is 13.8 Å². The van der Waals surface area contributed by atoms with Gasteiger partial charge in [-0.05, 0) is 12.8 Å². The Morgan fingerprint density at radius 2 is 0.654 bits per heavy atom. The topological polar surface area (TPSA) is 279 Å². The number of rotatable bonds is 10. The number of carbonyl (C=O) groups excluding carboxylic acids is 12. The number of carbonyl (C=O) groups is 12. The molecule has 4 rings (SSSR count). The fourth-order valence-electron chi connectivity index (χ4n) is 2.72. The van der Waals surface area contributed by atoms with Gasteiger partial charge in [0.25, 0.3) is 0 Å². The number of methoxy groups -OCH3 is 2. The van der Waals surface area contributed by atoms with E-state index < -0.39 is 59.7 Å². The van der Waals surface area contributed by atoms with E-state index in [1.54, 1.807) is 13.8 Å². The van der Waals surface area contributed by atoms with E-state index >= 15 is 0 Å². The molecule has 0 unspecified atom stereocenters. The van der Waals surface area contributed by atoms with E-state index in [2.05, 4.69) is 37.9 Å². The lowest BCUT2D eigenvalue weighted by atomic mass is 10.3. The first-order valence-electron chi connectivity index (χ1n) is 15.9. The summed E-state index contributed by atoms with van der Waals surface area (Å²) in [7, 11) is 2.46. The van der Waals surface area contributed by atoms with Gasteiger partial charge in [0.15, 0.2) is 0 Å². The fourth-order valence-corrected chi connectivity index (χ4v) is 2.72. The smallest absolute Gasteiger partial charge is 0.314 e. The maximum Gasteiger partial charge on any atom is 0.314 e. The third kappa shape index (κ3) is 30.5. The Hall–Kier alpha value is -5.56. The summed E-state index contributed by atoms with van der Waals surface area (Å²) < 4.78 is 34.2. The molecule has 52 heavy (non-hydrogen) atoms. The molecule has 0 spiro atoms. The summed E-state index contributed by atoms with van der Waals surface area (Å²) in [4.78, 5) is 124. The van der Waals surface area contributed by atoms with E-state index in [1.807, 2.05) is 0 Å². The van der Waals surface area contributed by atoms with Gasteiger partial charge in [0, 0.05) is 12.8 Å². The van der Waals surface area contributed by atoms with Crippen molar-refractivity contribution in [1.82, 2.24) is 0 Å². The minimum absolute atomic E-state index is 0.0608. The van der Waals surface area contributed by atoms with Gasteiger partial charge in [0.1, 0.15) is 13.2 Å². The van der Waals surface area contributed by atoms with Crippen LogP contribution in [0.5, 0.6) is 0 Å². The number of hydrogen-bond acceptors (Lipinski definition) is 20. The van der Waals surface area contributed by atoms with Gasteiger partial charge in [-0.25, -0.2) is 0 Å². The number of ether oxygens (including phenoxy) is 8. The molecule has 4 fully saturated rings. The Labute approximate surface area is 298 Å². The van der Waals surface area contributed by atoms with Crippen LogP contribution in [-0.2, 0) is 95.4 Å². The summed E-state index contributed by atoms with van der Waals surface area (Å²) in [5.74, 6) is -5.19. The van der Waals surface area contributed by atoms with Crippen LogP contribution in [0.25, 0.3) is 0 Å². The molecule has 4 heterocycles. The Morgan fingerprint density at radius 1 is 0.423 bits per heavy atom. The molecule has 0 atom stereocenters. The van der Waals surface area contributed by atoms with Crippen molar-refractivity contribution in [2.24, 2.45) is 0 Å². The summed E-state index contributed by atoms with van der Waals surface area (Å²) in [6.45, 7) is 4.89. The standard InChI is InChI=1S/2C9H14O5.2C4H4O3.2C3H4O2/c2*1-3-4-8(11)14-9(12)6-5-7(10)13-2;2*5-3-1-2-4(6)7-3;2*4-3-1-2-5-3/h2*3-6H2,1-2H3;2*1-2H2;2*1-2H2. The van der Waals surface area contributed by atoms with Crippen LogP contribution in [0.15, 0.2) is 0 Å². The summed E-state index contributed by atoms with van der Waals surface area (Å²) in [5.41, 5.74) is 0. The van der Waals surface area contributed by atoms with E-state index in [0.29, 0.717) is 38.9 Å². The molecule has 0 radical (unpaired) electrons. The molecule has 0 aromatic heterocycles. The van der Waals surface area contributed by atoms with Crippen LogP contribution in [0, 0.1) is 0 Å². The van der Waals surface area contributed by atoms with Crippen molar-refractivity contribution in [1.29, 1.82) is 0 Å². The van der Waals surface area contributed by atoms with Crippen LogP contribution in [0.2, 0.25) is 0 Å². The lowest BCUT2D eigenvalue weighted by molar-refractivity contribution is -0.162.